The second-order valence-electron chi connectivity index (χ2n) is 19.6. The monoisotopic (exact) mass is 993 g/mol. The van der Waals surface area contributed by atoms with E-state index in [0.29, 0.717) is 42.8 Å². The van der Waals surface area contributed by atoms with Crippen LogP contribution >= 0.6 is 0 Å². The van der Waals surface area contributed by atoms with Gasteiger partial charge in [0.1, 0.15) is 29.8 Å². The first-order chi connectivity index (χ1) is 35.3. The number of imidazole rings is 2. The zero-order valence-corrected chi connectivity index (χ0v) is 41.6. The van der Waals surface area contributed by atoms with E-state index in [-0.39, 0.29) is 49.5 Å². The number of fused-ring (bicyclic) bond motifs is 3. The quantitative estimate of drug-likeness (QED) is 0.0852. The average Bonchev–Trinajstić information content (AvgIpc) is 4.27. The molecule has 10 rings (SSSR count). The van der Waals surface area contributed by atoms with E-state index in [9.17, 15) is 24.0 Å². The fourth-order valence-electron chi connectivity index (χ4n) is 10.5. The lowest BCUT2D eigenvalue weighted by molar-refractivity contribution is -0.136. The normalized spacial score (nSPS) is 18.8. The number of carbonyl (C=O) groups excluding carboxylic acids is 5. The van der Waals surface area contributed by atoms with Crippen LogP contribution in [0.4, 0.5) is 14.4 Å². The fourth-order valence-corrected chi connectivity index (χ4v) is 10.5. The number of methoxy groups -OCH3 is 2. The van der Waals surface area contributed by atoms with Gasteiger partial charge < -0.3 is 54.1 Å². The Hall–Kier alpha value is -8.09. The van der Waals surface area contributed by atoms with Gasteiger partial charge in [0.05, 0.1) is 56.6 Å². The van der Waals surface area contributed by atoms with Gasteiger partial charge in [-0.1, -0.05) is 88.4 Å². The predicted molar refractivity (Wildman–Crippen MR) is 268 cm³/mol. The Bertz CT molecular complexity index is 3040. The van der Waals surface area contributed by atoms with Gasteiger partial charge in [0.25, 0.3) is 0 Å². The summed E-state index contributed by atoms with van der Waals surface area (Å²) in [5.74, 6) is 1.57. The van der Waals surface area contributed by atoms with Crippen LogP contribution < -0.4 is 20.1 Å². The molecule has 0 radical (unpaired) electrons. The van der Waals surface area contributed by atoms with Crippen LogP contribution in [0.15, 0.2) is 85.2 Å². The van der Waals surface area contributed by atoms with Crippen molar-refractivity contribution in [2.75, 3.05) is 34.1 Å². The van der Waals surface area contributed by atoms with Crippen LogP contribution in [0.25, 0.3) is 44.4 Å². The third kappa shape index (κ3) is 9.58. The molecule has 2 unspecified atom stereocenters. The maximum atomic E-state index is 14.4. The van der Waals surface area contributed by atoms with Crippen LogP contribution in [-0.4, -0.2) is 117 Å². The molecule has 380 valence electrons. The molecule has 4 aromatic carbocycles. The van der Waals surface area contributed by atoms with Gasteiger partial charge >= 0.3 is 18.3 Å². The van der Waals surface area contributed by atoms with Crippen molar-refractivity contribution in [3.05, 3.63) is 108 Å². The van der Waals surface area contributed by atoms with E-state index in [1.807, 2.05) is 70.3 Å². The molecule has 2 fully saturated rings. The second-order valence-corrected chi connectivity index (χ2v) is 19.6. The molecule has 6 aromatic rings. The van der Waals surface area contributed by atoms with E-state index < -0.39 is 42.5 Å². The number of benzene rings is 4. The van der Waals surface area contributed by atoms with Gasteiger partial charge in [-0.15, -0.1) is 0 Å². The van der Waals surface area contributed by atoms with Crippen LogP contribution in [0.2, 0.25) is 0 Å². The summed E-state index contributed by atoms with van der Waals surface area (Å²) < 4.78 is 26.9. The van der Waals surface area contributed by atoms with Gasteiger partial charge in [-0.05, 0) is 75.4 Å². The number of likely N-dealkylation sites (tertiary alicyclic amines) is 2. The minimum atomic E-state index is -0.907. The number of rotatable bonds is 12. The number of H-pyrrole nitrogens is 2. The summed E-state index contributed by atoms with van der Waals surface area (Å²) >= 11 is 0. The van der Waals surface area contributed by atoms with E-state index in [2.05, 4.69) is 57.0 Å². The molecule has 6 heterocycles. The number of amides is 5. The van der Waals surface area contributed by atoms with E-state index in [4.69, 9.17) is 33.7 Å². The lowest BCUT2D eigenvalue weighted by Gasteiger charge is -2.30. The lowest BCUT2D eigenvalue weighted by atomic mass is 9.94. The molecule has 4 N–H and O–H groups in total. The number of aromatic amines is 2. The smallest absolute Gasteiger partial charge is 0.410 e. The molecule has 2 saturated heterocycles. The minimum Gasteiger partial charge on any atom is -0.454 e. The third-order valence-corrected chi connectivity index (χ3v) is 14.3. The first-order valence-electron chi connectivity index (χ1n) is 24.7. The molecule has 0 spiro atoms. The van der Waals surface area contributed by atoms with Crippen molar-refractivity contribution >= 4 is 40.9 Å². The number of nitrogens with one attached hydrogen (secondary N) is 4. The largest absolute Gasteiger partial charge is 0.454 e. The van der Waals surface area contributed by atoms with Crippen LogP contribution in [0.5, 0.6) is 11.5 Å². The molecule has 19 heteroatoms. The summed E-state index contributed by atoms with van der Waals surface area (Å²) in [6.45, 7) is 8.98. The Morgan fingerprint density at radius 3 is 1.85 bits per heavy atom. The van der Waals surface area contributed by atoms with E-state index in [1.165, 1.54) is 14.2 Å². The summed E-state index contributed by atoms with van der Waals surface area (Å²) in [6, 6.07) is 21.9. The Balaban J connectivity index is 0.863. The fraction of sp³-hybridized carbons (Fsp3) is 0.389. The highest BCUT2D eigenvalue weighted by Gasteiger charge is 2.44. The highest BCUT2D eigenvalue weighted by molar-refractivity contribution is 6.04. The molecule has 5 amide bonds. The van der Waals surface area contributed by atoms with Crippen molar-refractivity contribution in [2.45, 2.75) is 90.3 Å². The average molecular weight is 994 g/mol. The first kappa shape index (κ1) is 48.5. The summed E-state index contributed by atoms with van der Waals surface area (Å²) in [7, 11) is 2.53. The molecular weight excluding hydrogens is 935 g/mol. The molecule has 0 saturated carbocycles. The van der Waals surface area contributed by atoms with E-state index in [1.54, 1.807) is 20.9 Å². The highest BCUT2D eigenvalue weighted by Crippen LogP contribution is 2.41. The molecule has 0 bridgehead atoms. The number of hydrogen-bond donors (Lipinski definition) is 4. The minimum absolute atomic E-state index is 0.0910. The van der Waals surface area contributed by atoms with Crippen molar-refractivity contribution in [3.8, 4) is 45.1 Å². The number of ether oxygens (including phenoxy) is 5. The predicted octanol–water partition coefficient (Wildman–Crippen LogP) is 8.23. The summed E-state index contributed by atoms with van der Waals surface area (Å²) in [5.41, 5.74) is 7.34. The van der Waals surface area contributed by atoms with Crippen molar-refractivity contribution in [3.63, 3.8) is 0 Å². The van der Waals surface area contributed by atoms with E-state index in [0.717, 1.165) is 68.4 Å². The van der Waals surface area contributed by atoms with Crippen molar-refractivity contribution < 1.29 is 47.7 Å². The number of hydrogen-bond acceptors (Lipinski definition) is 12. The second kappa shape index (κ2) is 20.2. The standard InChI is InChI=1S/C54H59N9O10/c1-29(2)46(59-52(66)69-5)50(64)62-19-9-14-42(62)48-56-24-41(58-48)39-13-8-11-37-36(10-7-12-38(37)39)31-15-17-32(18-16-31)40-23-55-49(57-40)43-22-35(27-63(43)51(65)47(30(3)4)60-53(67)70-6)73-54(68)61-25-33-20-44-45(72-28-71-44)21-34(33)26-61/h7-8,10-13,15-18,20-21,23-24,29-30,35,42-43,46-47H,9,14,19,22,25-28H2,1-6H3,(H,55,57)(H,56,58)(H,59,66)(H,60,67)/t35?,42-,43?,46-,47-/m0/s1. The number of alkyl carbamates (subject to hydrolysis) is 2. The molecule has 4 aliphatic rings. The van der Waals surface area contributed by atoms with Gasteiger partial charge in [0, 0.05) is 31.6 Å². The molecule has 0 aliphatic carbocycles. The van der Waals surface area contributed by atoms with Crippen LogP contribution in [-0.2, 0) is 36.9 Å². The topological polar surface area (TPSA) is 223 Å². The molecule has 2 aromatic heterocycles. The van der Waals surface area contributed by atoms with Crippen LogP contribution in [0.1, 0.15) is 81.8 Å². The van der Waals surface area contributed by atoms with Crippen molar-refractivity contribution in [1.29, 1.82) is 0 Å². The number of carbonyl (C=O) groups is 5. The number of aromatic nitrogens is 4. The molecular formula is C54H59N9O10. The molecule has 73 heavy (non-hydrogen) atoms. The molecule has 5 atom stereocenters. The first-order valence-corrected chi connectivity index (χ1v) is 24.7. The Morgan fingerprint density at radius 1 is 0.685 bits per heavy atom. The van der Waals surface area contributed by atoms with Crippen LogP contribution in [0, 0.1) is 11.8 Å². The SMILES string of the molecule is COC(=O)N[C@H](C(=O)N1CC(OC(=O)N2Cc3cc4c(cc3C2)OCO4)CC1c1ncc(-c2ccc(-c3cccc4c(-c5cnc([C@@H]6CCCN6C(=O)[C@@H](NC(=O)OC)C(C)C)[nH]5)cccc34)cc2)[nH]1)C(C)C. The van der Waals surface area contributed by atoms with Gasteiger partial charge in [-0.2, -0.15) is 0 Å². The van der Waals surface area contributed by atoms with Gasteiger partial charge in [-0.25, -0.2) is 24.4 Å². The summed E-state index contributed by atoms with van der Waals surface area (Å²) in [5, 5.41) is 7.48. The maximum absolute atomic E-state index is 14.4. The summed E-state index contributed by atoms with van der Waals surface area (Å²) in [6.07, 6.45) is 2.85. The Morgan fingerprint density at radius 2 is 1.23 bits per heavy atom. The Labute approximate surface area is 421 Å². The van der Waals surface area contributed by atoms with Gasteiger partial charge in [-0.3, -0.25) is 14.5 Å². The maximum Gasteiger partial charge on any atom is 0.410 e. The molecule has 19 nitrogen and oxygen atoms in total. The van der Waals surface area contributed by atoms with Gasteiger partial charge in [0.15, 0.2) is 11.5 Å². The van der Waals surface area contributed by atoms with E-state index >= 15 is 0 Å². The zero-order valence-electron chi connectivity index (χ0n) is 41.6. The highest BCUT2D eigenvalue weighted by atomic mass is 16.7. The van der Waals surface area contributed by atoms with Crippen LogP contribution in [0.3, 0.4) is 0 Å². The van der Waals surface area contributed by atoms with Gasteiger partial charge in [0.2, 0.25) is 18.6 Å². The number of nitrogens with zero attached hydrogens (tertiary/aromatic N) is 5. The summed E-state index contributed by atoms with van der Waals surface area (Å²) in [4.78, 5) is 88.0. The third-order valence-electron chi connectivity index (χ3n) is 14.3. The van der Waals surface area contributed by atoms with Crippen molar-refractivity contribution in [2.24, 2.45) is 11.8 Å². The van der Waals surface area contributed by atoms with Crippen molar-refractivity contribution in [1.82, 2.24) is 45.3 Å². The Kier molecular flexibility index (Phi) is 13.4. The zero-order chi connectivity index (χ0) is 51.1. The molecule has 4 aliphatic heterocycles. The lowest BCUT2D eigenvalue weighted by Crippen LogP contribution is -2.51.